The summed E-state index contributed by atoms with van der Waals surface area (Å²) >= 11 is 0. The summed E-state index contributed by atoms with van der Waals surface area (Å²) in [7, 11) is 1.87. The molecule has 2 heterocycles. The summed E-state index contributed by atoms with van der Waals surface area (Å²) in [5, 5.41) is 19.9. The third-order valence-corrected chi connectivity index (χ3v) is 2.90. The zero-order valence-electron chi connectivity index (χ0n) is 11.0. The van der Waals surface area contributed by atoms with Crippen LogP contribution in [-0.2, 0) is 7.05 Å². The van der Waals surface area contributed by atoms with Gasteiger partial charge in [0.2, 0.25) is 5.76 Å². The Hall–Kier alpha value is -2.15. The van der Waals surface area contributed by atoms with Crippen molar-refractivity contribution in [3.63, 3.8) is 0 Å². The maximum absolute atomic E-state index is 10.8. The Labute approximate surface area is 110 Å². The Morgan fingerprint density at radius 1 is 1.42 bits per heavy atom. The van der Waals surface area contributed by atoms with E-state index in [-0.39, 0.29) is 17.8 Å². The van der Waals surface area contributed by atoms with Gasteiger partial charge in [-0.05, 0) is 26.0 Å². The van der Waals surface area contributed by atoms with Crippen molar-refractivity contribution in [2.24, 2.45) is 7.05 Å². The van der Waals surface area contributed by atoms with Crippen molar-refractivity contribution in [2.45, 2.75) is 25.9 Å². The number of furan rings is 1. The van der Waals surface area contributed by atoms with Gasteiger partial charge in [0.05, 0.1) is 12.1 Å². The van der Waals surface area contributed by atoms with E-state index in [1.54, 1.807) is 12.4 Å². The molecule has 102 valence electrons. The van der Waals surface area contributed by atoms with Crippen molar-refractivity contribution in [3.05, 3.63) is 35.8 Å². The minimum atomic E-state index is -1.07. The average molecular weight is 264 g/mol. The molecule has 2 rings (SSSR count). The van der Waals surface area contributed by atoms with Gasteiger partial charge >= 0.3 is 5.97 Å². The first-order chi connectivity index (χ1) is 8.99. The smallest absolute Gasteiger partial charge is 0.371 e. The van der Waals surface area contributed by atoms with E-state index >= 15 is 0 Å². The first-order valence-corrected chi connectivity index (χ1v) is 5.92. The number of carboxylic acids is 1. The lowest BCUT2D eigenvalue weighted by Gasteiger charge is -2.17. The number of nitrogens with zero attached hydrogens (tertiary/aromatic N) is 3. The second-order valence-corrected chi connectivity index (χ2v) is 4.42. The fourth-order valence-electron chi connectivity index (χ4n) is 1.92. The molecule has 0 aliphatic carbocycles. The summed E-state index contributed by atoms with van der Waals surface area (Å²) < 4.78 is 7.08. The van der Waals surface area contributed by atoms with Gasteiger partial charge in [0.25, 0.3) is 0 Å². The molecule has 2 aromatic heterocycles. The molecule has 2 N–H and O–H groups in total. The third kappa shape index (κ3) is 2.82. The number of aromatic carboxylic acids is 1. The predicted molar refractivity (Wildman–Crippen MR) is 66.6 cm³/mol. The number of rotatable bonds is 5. The number of aromatic nitrogens is 3. The minimum absolute atomic E-state index is 0.0270. The number of hydrogen-bond donors (Lipinski definition) is 2. The van der Waals surface area contributed by atoms with Crippen molar-refractivity contribution in [2.75, 3.05) is 0 Å². The zero-order valence-corrected chi connectivity index (χ0v) is 11.0. The van der Waals surface area contributed by atoms with Gasteiger partial charge < -0.3 is 14.1 Å². The molecule has 0 bridgehead atoms. The molecule has 0 fully saturated rings. The van der Waals surface area contributed by atoms with Gasteiger partial charge in [0.1, 0.15) is 17.9 Å². The molecule has 0 aliphatic heterocycles. The highest BCUT2D eigenvalue weighted by Crippen LogP contribution is 2.20. The van der Waals surface area contributed by atoms with Crippen molar-refractivity contribution in [1.82, 2.24) is 20.1 Å². The van der Waals surface area contributed by atoms with Gasteiger partial charge in [0.15, 0.2) is 0 Å². The van der Waals surface area contributed by atoms with Gasteiger partial charge in [-0.1, -0.05) is 0 Å². The maximum atomic E-state index is 10.8. The van der Waals surface area contributed by atoms with Crippen LogP contribution in [0.2, 0.25) is 0 Å². The standard InChI is InChI=1S/C12H16N4O3/c1-7(9-4-5-10(19-9)12(17)18)14-8(2)11-15-13-6-16(11)3/h4-8,14H,1-3H3,(H,17,18). The number of carboxylic acid groups (broad SMARTS) is 1. The topological polar surface area (TPSA) is 93.2 Å². The van der Waals surface area contributed by atoms with E-state index in [1.165, 1.54) is 6.07 Å². The predicted octanol–water partition coefficient (Wildman–Crippen LogP) is 1.52. The second-order valence-electron chi connectivity index (χ2n) is 4.42. The van der Waals surface area contributed by atoms with Gasteiger partial charge in [-0.25, -0.2) is 4.79 Å². The number of carbonyl (C=O) groups is 1. The van der Waals surface area contributed by atoms with Crippen LogP contribution in [0, 0.1) is 0 Å². The molecule has 0 saturated carbocycles. The highest BCUT2D eigenvalue weighted by molar-refractivity contribution is 5.84. The minimum Gasteiger partial charge on any atom is -0.475 e. The highest BCUT2D eigenvalue weighted by atomic mass is 16.4. The van der Waals surface area contributed by atoms with Crippen molar-refractivity contribution in [1.29, 1.82) is 0 Å². The highest BCUT2D eigenvalue weighted by Gasteiger charge is 2.18. The first-order valence-electron chi connectivity index (χ1n) is 5.92. The third-order valence-electron chi connectivity index (χ3n) is 2.90. The summed E-state index contributed by atoms with van der Waals surface area (Å²) in [6, 6.07) is 2.95. The van der Waals surface area contributed by atoms with Crippen molar-refractivity contribution >= 4 is 5.97 Å². The Bertz CT molecular complexity index is 575. The SMILES string of the molecule is CC(NC(C)c1nncn1C)c1ccc(C(=O)O)o1. The van der Waals surface area contributed by atoms with E-state index in [4.69, 9.17) is 9.52 Å². The zero-order chi connectivity index (χ0) is 14.0. The van der Waals surface area contributed by atoms with Crippen molar-refractivity contribution < 1.29 is 14.3 Å². The normalized spacial score (nSPS) is 14.3. The summed E-state index contributed by atoms with van der Waals surface area (Å²) in [6.07, 6.45) is 1.63. The maximum Gasteiger partial charge on any atom is 0.371 e. The fraction of sp³-hybridized carbons (Fsp3) is 0.417. The van der Waals surface area contributed by atoms with Crippen LogP contribution in [0.25, 0.3) is 0 Å². The molecule has 7 nitrogen and oxygen atoms in total. The van der Waals surface area contributed by atoms with E-state index in [1.807, 2.05) is 25.5 Å². The first kappa shape index (κ1) is 13.3. The van der Waals surface area contributed by atoms with Gasteiger partial charge in [-0.2, -0.15) is 0 Å². The molecular weight excluding hydrogens is 248 g/mol. The lowest BCUT2D eigenvalue weighted by atomic mass is 10.2. The Kier molecular flexibility index (Phi) is 3.66. The van der Waals surface area contributed by atoms with Gasteiger partial charge in [0, 0.05) is 7.05 Å². The molecule has 2 aromatic rings. The number of aryl methyl sites for hydroxylation is 1. The van der Waals surface area contributed by atoms with Crippen LogP contribution < -0.4 is 5.32 Å². The summed E-state index contributed by atoms with van der Waals surface area (Å²) in [5.74, 6) is 0.248. The Balaban J connectivity index is 2.06. The summed E-state index contributed by atoms with van der Waals surface area (Å²) in [5.41, 5.74) is 0. The lowest BCUT2D eigenvalue weighted by Crippen LogP contribution is -2.24. The number of hydrogen-bond acceptors (Lipinski definition) is 5. The molecule has 2 atom stereocenters. The van der Waals surface area contributed by atoms with E-state index in [0.29, 0.717) is 5.76 Å². The Morgan fingerprint density at radius 2 is 2.16 bits per heavy atom. The average Bonchev–Trinajstić information content (AvgIpc) is 2.96. The molecule has 0 saturated heterocycles. The summed E-state index contributed by atoms with van der Waals surface area (Å²) in [4.78, 5) is 10.8. The van der Waals surface area contributed by atoms with E-state index in [2.05, 4.69) is 15.5 Å². The molecule has 2 unspecified atom stereocenters. The van der Waals surface area contributed by atoms with Crippen LogP contribution in [0.4, 0.5) is 0 Å². The molecule has 0 radical (unpaired) electrons. The number of nitrogens with one attached hydrogen (secondary N) is 1. The fourth-order valence-corrected chi connectivity index (χ4v) is 1.92. The molecule has 0 aliphatic rings. The molecule has 7 heteroatoms. The van der Waals surface area contributed by atoms with Crippen LogP contribution in [0.5, 0.6) is 0 Å². The molecular formula is C12H16N4O3. The molecule has 0 amide bonds. The second kappa shape index (κ2) is 5.23. The van der Waals surface area contributed by atoms with Gasteiger partial charge in [-0.3, -0.25) is 5.32 Å². The van der Waals surface area contributed by atoms with Gasteiger partial charge in [-0.15, -0.1) is 10.2 Å². The molecule has 0 aromatic carbocycles. The molecule has 0 spiro atoms. The lowest BCUT2D eigenvalue weighted by molar-refractivity contribution is 0.0659. The summed E-state index contributed by atoms with van der Waals surface area (Å²) in [6.45, 7) is 3.86. The van der Waals surface area contributed by atoms with Crippen LogP contribution in [-0.4, -0.2) is 25.8 Å². The Morgan fingerprint density at radius 3 is 2.68 bits per heavy atom. The van der Waals surface area contributed by atoms with E-state index < -0.39 is 5.97 Å². The molecule has 19 heavy (non-hydrogen) atoms. The quantitative estimate of drug-likeness (QED) is 0.850. The van der Waals surface area contributed by atoms with Crippen LogP contribution in [0.1, 0.15) is 48.1 Å². The largest absolute Gasteiger partial charge is 0.475 e. The van der Waals surface area contributed by atoms with Crippen LogP contribution in [0.3, 0.4) is 0 Å². The van der Waals surface area contributed by atoms with E-state index in [0.717, 1.165) is 5.82 Å². The van der Waals surface area contributed by atoms with Crippen LogP contribution >= 0.6 is 0 Å². The van der Waals surface area contributed by atoms with E-state index in [9.17, 15) is 4.79 Å². The van der Waals surface area contributed by atoms with Crippen LogP contribution in [0.15, 0.2) is 22.9 Å². The van der Waals surface area contributed by atoms with Crippen molar-refractivity contribution in [3.8, 4) is 0 Å². The monoisotopic (exact) mass is 264 g/mol.